The van der Waals surface area contributed by atoms with E-state index in [1.54, 1.807) is 19.2 Å². The molecule has 3 aromatic rings. The molecule has 0 spiro atoms. The van der Waals surface area contributed by atoms with Crippen molar-refractivity contribution in [1.82, 2.24) is 0 Å². The highest BCUT2D eigenvalue weighted by Crippen LogP contribution is 2.50. The molecule has 2 aliphatic rings. The van der Waals surface area contributed by atoms with Crippen LogP contribution in [0.15, 0.2) is 45.6 Å². The lowest BCUT2D eigenvalue weighted by atomic mass is 9.89. The van der Waals surface area contributed by atoms with Crippen molar-refractivity contribution in [3.63, 3.8) is 0 Å². The summed E-state index contributed by atoms with van der Waals surface area (Å²) in [5, 5.41) is 0.840. The average molecular weight is 434 g/mol. The number of quaternary nitrogens is 1. The molecule has 0 saturated carbocycles. The van der Waals surface area contributed by atoms with Crippen LogP contribution in [0, 0.1) is 11.8 Å². The third-order valence-electron chi connectivity index (χ3n) is 6.02. The predicted molar refractivity (Wildman–Crippen MR) is 118 cm³/mol. The monoisotopic (exact) mass is 434 g/mol. The molecule has 0 aliphatic carbocycles. The van der Waals surface area contributed by atoms with Gasteiger partial charge in [-0.1, -0.05) is 5.92 Å². The van der Waals surface area contributed by atoms with Crippen molar-refractivity contribution < 1.29 is 27.8 Å². The summed E-state index contributed by atoms with van der Waals surface area (Å²) in [5.74, 6) is 9.24. The second-order valence-electron chi connectivity index (χ2n) is 8.44. The van der Waals surface area contributed by atoms with Crippen molar-refractivity contribution in [2.45, 2.75) is 12.5 Å². The van der Waals surface area contributed by atoms with E-state index in [2.05, 4.69) is 25.9 Å². The zero-order chi connectivity index (χ0) is 22.3. The van der Waals surface area contributed by atoms with Gasteiger partial charge in [0.25, 0.3) is 0 Å². The molecule has 0 amide bonds. The highest BCUT2D eigenvalue weighted by molar-refractivity contribution is 5.77. The molecule has 32 heavy (non-hydrogen) atoms. The molecule has 2 aromatic carbocycles. The van der Waals surface area contributed by atoms with Crippen LogP contribution in [0.5, 0.6) is 23.0 Å². The van der Waals surface area contributed by atoms with Gasteiger partial charge in [0.2, 0.25) is 12.5 Å². The minimum atomic E-state index is -0.389. The molecule has 0 fully saturated rings. The van der Waals surface area contributed by atoms with Crippen LogP contribution >= 0.6 is 0 Å². The van der Waals surface area contributed by atoms with Gasteiger partial charge in [0.15, 0.2) is 17.5 Å². The Labute approximate surface area is 185 Å². The lowest BCUT2D eigenvalue weighted by Crippen LogP contribution is -2.47. The zero-order valence-electron chi connectivity index (χ0n) is 18.3. The Balaban J connectivity index is 1.42. The normalized spacial score (nSPS) is 17.9. The number of rotatable bonds is 3. The van der Waals surface area contributed by atoms with E-state index in [0.717, 1.165) is 29.7 Å². The van der Waals surface area contributed by atoms with Crippen LogP contribution in [0.1, 0.15) is 17.2 Å². The SMILES string of the molecule is COc1c2c(cc3c1C(C#CCOc1ccc4ccc(=O)oc4c1)[N+](C)(C)CC3)OCO2. The third kappa shape index (κ3) is 3.53. The lowest BCUT2D eigenvalue weighted by Gasteiger charge is -2.40. The van der Waals surface area contributed by atoms with Crippen molar-refractivity contribution >= 4 is 11.0 Å². The van der Waals surface area contributed by atoms with Crippen molar-refractivity contribution in [1.29, 1.82) is 0 Å². The molecule has 1 unspecified atom stereocenters. The van der Waals surface area contributed by atoms with E-state index in [1.165, 1.54) is 11.6 Å². The molecule has 3 heterocycles. The van der Waals surface area contributed by atoms with Gasteiger partial charge in [-0.05, 0) is 35.7 Å². The van der Waals surface area contributed by atoms with E-state index in [0.29, 0.717) is 27.3 Å². The van der Waals surface area contributed by atoms with Crippen LogP contribution in [0.3, 0.4) is 0 Å². The third-order valence-corrected chi connectivity index (χ3v) is 6.02. The maximum Gasteiger partial charge on any atom is 0.336 e. The van der Waals surface area contributed by atoms with E-state index in [-0.39, 0.29) is 25.1 Å². The summed E-state index contributed by atoms with van der Waals surface area (Å²) in [6.07, 6.45) is 0.909. The topological polar surface area (TPSA) is 67.1 Å². The Kier molecular flexibility index (Phi) is 4.95. The molecule has 1 atom stereocenters. The highest BCUT2D eigenvalue weighted by atomic mass is 16.7. The van der Waals surface area contributed by atoms with Gasteiger partial charge in [-0.25, -0.2) is 4.79 Å². The Morgan fingerprint density at radius 3 is 2.84 bits per heavy atom. The highest BCUT2D eigenvalue weighted by Gasteiger charge is 2.40. The van der Waals surface area contributed by atoms with E-state index in [1.807, 2.05) is 18.2 Å². The van der Waals surface area contributed by atoms with Gasteiger partial charge in [0, 0.05) is 23.9 Å². The molecular formula is C25H24NO6+. The number of hydrogen-bond acceptors (Lipinski definition) is 6. The molecule has 7 heteroatoms. The van der Waals surface area contributed by atoms with Gasteiger partial charge in [0.1, 0.15) is 17.9 Å². The molecule has 164 valence electrons. The molecule has 2 aliphatic heterocycles. The fourth-order valence-corrected chi connectivity index (χ4v) is 4.31. The summed E-state index contributed by atoms with van der Waals surface area (Å²) in [6, 6.07) is 10.5. The van der Waals surface area contributed by atoms with Gasteiger partial charge in [-0.15, -0.1) is 0 Å². The van der Waals surface area contributed by atoms with E-state index >= 15 is 0 Å². The largest absolute Gasteiger partial charge is 0.492 e. The van der Waals surface area contributed by atoms with Gasteiger partial charge in [-0.2, -0.15) is 0 Å². The van der Waals surface area contributed by atoms with Crippen LogP contribution in [-0.4, -0.2) is 45.6 Å². The predicted octanol–water partition coefficient (Wildman–Crippen LogP) is 3.29. The molecular weight excluding hydrogens is 410 g/mol. The number of ether oxygens (including phenoxy) is 4. The Bertz CT molecular complexity index is 1310. The minimum Gasteiger partial charge on any atom is -0.492 e. The first-order chi connectivity index (χ1) is 15.5. The number of methoxy groups -OCH3 is 1. The van der Waals surface area contributed by atoms with Crippen molar-refractivity contribution in [3.8, 4) is 34.8 Å². The first kappa shape index (κ1) is 20.3. The van der Waals surface area contributed by atoms with Gasteiger partial charge >= 0.3 is 5.63 Å². The van der Waals surface area contributed by atoms with Gasteiger partial charge in [-0.3, -0.25) is 0 Å². The molecule has 5 rings (SSSR count). The maximum absolute atomic E-state index is 11.5. The van der Waals surface area contributed by atoms with Gasteiger partial charge in [0.05, 0.1) is 33.3 Å². The quantitative estimate of drug-likeness (QED) is 0.358. The fourth-order valence-electron chi connectivity index (χ4n) is 4.31. The second kappa shape index (κ2) is 7.81. The van der Waals surface area contributed by atoms with Crippen LogP contribution < -0.4 is 24.6 Å². The Morgan fingerprint density at radius 2 is 2.00 bits per heavy atom. The summed E-state index contributed by atoms with van der Waals surface area (Å²) >= 11 is 0. The van der Waals surface area contributed by atoms with Crippen molar-refractivity contribution in [2.75, 3.05) is 41.1 Å². The van der Waals surface area contributed by atoms with Crippen molar-refractivity contribution in [2.24, 2.45) is 0 Å². The van der Waals surface area contributed by atoms with E-state index in [9.17, 15) is 4.79 Å². The van der Waals surface area contributed by atoms with Gasteiger partial charge < -0.3 is 27.8 Å². The molecule has 0 saturated heterocycles. The summed E-state index contributed by atoms with van der Waals surface area (Å²) in [7, 11) is 5.98. The van der Waals surface area contributed by atoms with Crippen LogP contribution in [0.2, 0.25) is 0 Å². The Morgan fingerprint density at radius 1 is 1.16 bits per heavy atom. The molecule has 0 radical (unpaired) electrons. The smallest absolute Gasteiger partial charge is 0.336 e. The number of fused-ring (bicyclic) bond motifs is 3. The molecule has 0 bridgehead atoms. The van der Waals surface area contributed by atoms with E-state index < -0.39 is 0 Å². The lowest BCUT2D eigenvalue weighted by molar-refractivity contribution is -0.914. The number of nitrogens with zero attached hydrogens (tertiary/aromatic N) is 1. The fraction of sp³-hybridized carbons (Fsp3) is 0.320. The molecule has 0 N–H and O–H groups in total. The summed E-state index contributed by atoms with van der Waals surface area (Å²) in [4.78, 5) is 11.5. The zero-order valence-corrected chi connectivity index (χ0v) is 18.3. The van der Waals surface area contributed by atoms with Crippen LogP contribution in [0.4, 0.5) is 0 Å². The Hall–Kier alpha value is -3.63. The van der Waals surface area contributed by atoms with Crippen molar-refractivity contribution in [3.05, 3.63) is 57.9 Å². The summed E-state index contributed by atoms with van der Waals surface area (Å²) < 4.78 is 28.8. The maximum atomic E-state index is 11.5. The first-order valence-corrected chi connectivity index (χ1v) is 10.4. The molecule has 7 nitrogen and oxygen atoms in total. The number of hydrogen-bond donors (Lipinski definition) is 0. The molecule has 1 aromatic heterocycles. The minimum absolute atomic E-state index is 0.0959. The standard InChI is InChI=1S/C25H24NO6/c1-26(2)11-10-17-13-21-24(31-15-30-21)25(28-3)23(17)19(26)5-4-12-29-18-8-6-16-7-9-22(27)32-20(16)14-18/h6-9,13-14,19H,10-12,15H2,1-3H3/q+1. The summed E-state index contributed by atoms with van der Waals surface area (Å²) in [5.41, 5.74) is 2.32. The number of benzene rings is 2. The average Bonchev–Trinajstić information content (AvgIpc) is 3.24. The van der Waals surface area contributed by atoms with Crippen LogP contribution in [-0.2, 0) is 6.42 Å². The second-order valence-corrected chi connectivity index (χ2v) is 8.44. The summed E-state index contributed by atoms with van der Waals surface area (Å²) in [6.45, 7) is 1.35. The van der Waals surface area contributed by atoms with Crippen LogP contribution in [0.25, 0.3) is 11.0 Å². The first-order valence-electron chi connectivity index (χ1n) is 10.4. The number of likely N-dealkylation sites (N-methyl/N-ethyl adjacent to an activating group) is 1. The van der Waals surface area contributed by atoms with E-state index in [4.69, 9.17) is 23.4 Å².